The van der Waals surface area contributed by atoms with E-state index in [4.69, 9.17) is 4.74 Å². The second-order valence-electron chi connectivity index (χ2n) is 8.21. The maximum atomic E-state index is 13.1. The predicted octanol–water partition coefficient (Wildman–Crippen LogP) is 7.16. The number of hydrogen-bond donors (Lipinski definition) is 1. The van der Waals surface area contributed by atoms with Crippen molar-refractivity contribution in [2.75, 3.05) is 0 Å². The number of rotatable bonds is 9. The summed E-state index contributed by atoms with van der Waals surface area (Å²) in [6.45, 7) is 5.63. The number of hydrogen-bond acceptors (Lipinski definition) is 2. The number of aliphatic carboxylic acids is 1. The largest absolute Gasteiger partial charge is 0.478 e. The van der Waals surface area contributed by atoms with Gasteiger partial charge in [-0.3, -0.25) is 0 Å². The Bertz CT molecular complexity index is 1070. The molecule has 3 aromatic carbocycles. The summed E-state index contributed by atoms with van der Waals surface area (Å²) in [6, 6.07) is 22.3. The fraction of sp³-hybridized carbons (Fsp3) is 0.250. The Morgan fingerprint density at radius 2 is 1.53 bits per heavy atom. The molecule has 0 amide bonds. The zero-order valence-electron chi connectivity index (χ0n) is 18.8. The molecule has 0 aliphatic heterocycles. The molecule has 1 unspecified atom stereocenters. The Kier molecular flexibility index (Phi) is 7.47. The summed E-state index contributed by atoms with van der Waals surface area (Å²) in [5, 5.41) is 9.48. The Morgan fingerprint density at radius 1 is 0.969 bits per heavy atom. The van der Waals surface area contributed by atoms with Crippen LogP contribution in [0.5, 0.6) is 5.75 Å². The highest BCUT2D eigenvalue weighted by molar-refractivity contribution is 5.77. The molecular weight excluding hydrogens is 403 g/mol. The van der Waals surface area contributed by atoms with E-state index in [1.807, 2.05) is 43.3 Å². The van der Waals surface area contributed by atoms with E-state index < -0.39 is 11.6 Å². The third-order valence-electron chi connectivity index (χ3n) is 5.61. The van der Waals surface area contributed by atoms with Crippen LogP contribution in [0.1, 0.15) is 44.7 Å². The van der Waals surface area contributed by atoms with Crippen LogP contribution in [0, 0.1) is 5.82 Å². The van der Waals surface area contributed by atoms with Crippen molar-refractivity contribution in [2.45, 2.75) is 45.6 Å². The lowest BCUT2D eigenvalue weighted by atomic mass is 9.99. The van der Waals surface area contributed by atoms with E-state index in [0.29, 0.717) is 12.2 Å². The highest BCUT2D eigenvalue weighted by Crippen LogP contribution is 2.25. The first kappa shape index (κ1) is 23.3. The molecule has 3 aromatic rings. The van der Waals surface area contributed by atoms with Crippen LogP contribution in [0.25, 0.3) is 16.7 Å². The van der Waals surface area contributed by atoms with E-state index >= 15 is 0 Å². The maximum absolute atomic E-state index is 13.1. The summed E-state index contributed by atoms with van der Waals surface area (Å²) in [5.74, 6) is -0.628. The third kappa shape index (κ3) is 5.85. The van der Waals surface area contributed by atoms with Crippen LogP contribution in [0.3, 0.4) is 0 Å². The van der Waals surface area contributed by atoms with Crippen LogP contribution in [0.15, 0.2) is 78.9 Å². The molecule has 3 rings (SSSR count). The fourth-order valence-corrected chi connectivity index (χ4v) is 3.59. The molecule has 0 aliphatic carbocycles. The van der Waals surface area contributed by atoms with E-state index in [1.165, 1.54) is 12.1 Å². The number of halogens is 1. The van der Waals surface area contributed by atoms with Gasteiger partial charge in [0.1, 0.15) is 11.6 Å². The predicted molar refractivity (Wildman–Crippen MR) is 127 cm³/mol. The molecule has 0 aromatic heterocycles. The first-order valence-corrected chi connectivity index (χ1v) is 10.9. The SMILES string of the molecule is CCCC(C)(Oc1ccc(CC=C(C)c2ccc(-c3ccc(F)cc3)cc2)cc1)C(=O)O. The highest BCUT2D eigenvalue weighted by atomic mass is 19.1. The Balaban J connectivity index is 1.64. The topological polar surface area (TPSA) is 46.5 Å². The Morgan fingerprint density at radius 3 is 2.06 bits per heavy atom. The van der Waals surface area contributed by atoms with Gasteiger partial charge in [0.25, 0.3) is 0 Å². The molecule has 0 saturated carbocycles. The minimum atomic E-state index is -1.22. The smallest absolute Gasteiger partial charge is 0.347 e. The molecule has 0 bridgehead atoms. The second kappa shape index (κ2) is 10.3. The fourth-order valence-electron chi connectivity index (χ4n) is 3.59. The molecule has 3 nitrogen and oxygen atoms in total. The van der Waals surface area contributed by atoms with Gasteiger partial charge < -0.3 is 9.84 Å². The first-order chi connectivity index (χ1) is 15.3. The van der Waals surface area contributed by atoms with Crippen molar-refractivity contribution in [1.29, 1.82) is 0 Å². The average molecular weight is 433 g/mol. The summed E-state index contributed by atoms with van der Waals surface area (Å²) in [6.07, 6.45) is 4.11. The normalized spacial score (nSPS) is 13.4. The lowest BCUT2D eigenvalue weighted by molar-refractivity contribution is -0.154. The maximum Gasteiger partial charge on any atom is 0.347 e. The second-order valence-corrected chi connectivity index (χ2v) is 8.21. The molecule has 0 spiro atoms. The molecular formula is C28H29FO3. The van der Waals surface area contributed by atoms with Crippen LogP contribution in [-0.4, -0.2) is 16.7 Å². The zero-order chi connectivity index (χ0) is 23.1. The van der Waals surface area contributed by atoms with Crippen molar-refractivity contribution in [2.24, 2.45) is 0 Å². The van der Waals surface area contributed by atoms with Crippen molar-refractivity contribution < 1.29 is 19.0 Å². The number of benzene rings is 3. The zero-order valence-corrected chi connectivity index (χ0v) is 18.8. The van der Waals surface area contributed by atoms with Crippen molar-refractivity contribution in [3.8, 4) is 16.9 Å². The van der Waals surface area contributed by atoms with Gasteiger partial charge in [-0.1, -0.05) is 68.0 Å². The molecule has 0 saturated heterocycles. The minimum Gasteiger partial charge on any atom is -0.478 e. The van der Waals surface area contributed by atoms with Gasteiger partial charge in [0.15, 0.2) is 0 Å². The third-order valence-corrected chi connectivity index (χ3v) is 5.61. The van der Waals surface area contributed by atoms with Gasteiger partial charge in [0, 0.05) is 0 Å². The molecule has 0 fully saturated rings. The summed E-state index contributed by atoms with van der Waals surface area (Å²) < 4.78 is 18.9. The number of carboxylic acids is 1. The van der Waals surface area contributed by atoms with E-state index in [-0.39, 0.29) is 5.82 Å². The number of ether oxygens (including phenoxy) is 1. The lowest BCUT2D eigenvalue weighted by Crippen LogP contribution is -2.41. The number of carbonyl (C=O) groups is 1. The van der Waals surface area contributed by atoms with Gasteiger partial charge in [-0.05, 0) is 78.8 Å². The number of carboxylic acid groups (broad SMARTS) is 1. The first-order valence-electron chi connectivity index (χ1n) is 10.9. The summed E-state index contributed by atoms with van der Waals surface area (Å²) in [4.78, 5) is 11.6. The van der Waals surface area contributed by atoms with Crippen LogP contribution in [0.2, 0.25) is 0 Å². The van der Waals surface area contributed by atoms with Crippen LogP contribution < -0.4 is 4.74 Å². The quantitative estimate of drug-likeness (QED) is 0.390. The minimum absolute atomic E-state index is 0.236. The summed E-state index contributed by atoms with van der Waals surface area (Å²) >= 11 is 0. The summed E-state index contributed by atoms with van der Waals surface area (Å²) in [7, 11) is 0. The van der Waals surface area contributed by atoms with Gasteiger partial charge in [-0.2, -0.15) is 0 Å². The van der Waals surface area contributed by atoms with E-state index in [9.17, 15) is 14.3 Å². The van der Waals surface area contributed by atoms with Gasteiger partial charge in [0.2, 0.25) is 5.60 Å². The van der Waals surface area contributed by atoms with Crippen molar-refractivity contribution in [3.05, 3.63) is 95.8 Å². The van der Waals surface area contributed by atoms with Gasteiger partial charge in [-0.25, -0.2) is 9.18 Å². The Hall–Kier alpha value is -3.40. The van der Waals surface area contributed by atoms with Gasteiger partial charge >= 0.3 is 5.97 Å². The van der Waals surface area contributed by atoms with Crippen LogP contribution >= 0.6 is 0 Å². The monoisotopic (exact) mass is 432 g/mol. The average Bonchev–Trinajstić information content (AvgIpc) is 2.79. The molecule has 32 heavy (non-hydrogen) atoms. The standard InChI is InChI=1S/C28H29FO3/c1-4-19-28(3,27(30)31)32-26-17-7-21(8-18-26)6-5-20(2)22-9-11-23(12-10-22)24-13-15-25(29)16-14-24/h5,7-18H,4,6,19H2,1-3H3,(H,30,31). The Labute approximate surface area is 189 Å². The van der Waals surface area contributed by atoms with Gasteiger partial charge in [-0.15, -0.1) is 0 Å². The van der Waals surface area contributed by atoms with Crippen LogP contribution in [-0.2, 0) is 11.2 Å². The lowest BCUT2D eigenvalue weighted by Gasteiger charge is -2.26. The summed E-state index contributed by atoms with van der Waals surface area (Å²) in [5.41, 5.74) is 4.23. The molecule has 0 aliphatic rings. The van der Waals surface area contributed by atoms with Crippen molar-refractivity contribution in [1.82, 2.24) is 0 Å². The van der Waals surface area contributed by atoms with Crippen LogP contribution in [0.4, 0.5) is 4.39 Å². The molecule has 1 N–H and O–H groups in total. The highest BCUT2D eigenvalue weighted by Gasteiger charge is 2.34. The van der Waals surface area contributed by atoms with Crippen molar-refractivity contribution >= 4 is 11.5 Å². The van der Waals surface area contributed by atoms with E-state index in [1.54, 1.807) is 19.1 Å². The van der Waals surface area contributed by atoms with Gasteiger partial charge in [0.05, 0.1) is 0 Å². The van der Waals surface area contributed by atoms with E-state index in [0.717, 1.165) is 40.7 Å². The van der Waals surface area contributed by atoms with Crippen molar-refractivity contribution in [3.63, 3.8) is 0 Å². The molecule has 0 radical (unpaired) electrons. The molecule has 0 heterocycles. The van der Waals surface area contributed by atoms with E-state index in [2.05, 4.69) is 25.1 Å². The molecule has 166 valence electrons. The number of allylic oxidation sites excluding steroid dienone is 2. The molecule has 1 atom stereocenters. The molecule has 4 heteroatoms.